The smallest absolute Gasteiger partial charge is 0.348 e. The van der Waals surface area contributed by atoms with Crippen molar-refractivity contribution in [1.82, 2.24) is 10.2 Å². The number of benzene rings is 2. The Morgan fingerprint density at radius 2 is 1.80 bits per heavy atom. The van der Waals surface area contributed by atoms with Gasteiger partial charge in [0, 0.05) is 12.1 Å². The predicted molar refractivity (Wildman–Crippen MR) is 113 cm³/mol. The van der Waals surface area contributed by atoms with Crippen LogP contribution in [0.3, 0.4) is 0 Å². The van der Waals surface area contributed by atoms with Gasteiger partial charge in [0.25, 0.3) is 5.91 Å². The normalized spacial score (nSPS) is 16.1. The van der Waals surface area contributed by atoms with Gasteiger partial charge in [-0.2, -0.15) is 13.2 Å². The van der Waals surface area contributed by atoms with Crippen LogP contribution >= 0.6 is 11.6 Å². The molecule has 0 unspecified atom stereocenters. The standard InChI is InChI=1S/C23H26ClF3N2O/c1-3-29(2)22(13-6-7-14-22)18-11-5-4-9-16(18)15-28-21(30)17-10-8-12-19(20(17)24)23(25,26)27/h4-5,8-12H,3,6-7,13-15H2,1-2H3,(H,28,30). The van der Waals surface area contributed by atoms with Crippen LogP contribution in [0.1, 0.15) is 59.7 Å². The topological polar surface area (TPSA) is 32.3 Å². The molecule has 3 rings (SSSR count). The van der Waals surface area contributed by atoms with Gasteiger partial charge < -0.3 is 5.32 Å². The lowest BCUT2D eigenvalue weighted by Gasteiger charge is -2.40. The zero-order chi connectivity index (χ0) is 21.9. The summed E-state index contributed by atoms with van der Waals surface area (Å²) in [5.41, 5.74) is 0.875. The molecule has 1 N–H and O–H groups in total. The minimum atomic E-state index is -4.61. The number of nitrogens with one attached hydrogen (secondary N) is 1. The average molecular weight is 439 g/mol. The maximum absolute atomic E-state index is 13.1. The number of halogens is 4. The van der Waals surface area contributed by atoms with Crippen LogP contribution < -0.4 is 5.32 Å². The van der Waals surface area contributed by atoms with E-state index in [9.17, 15) is 18.0 Å². The van der Waals surface area contributed by atoms with E-state index in [1.54, 1.807) is 0 Å². The molecule has 2 aromatic carbocycles. The van der Waals surface area contributed by atoms with Crippen molar-refractivity contribution in [3.8, 4) is 0 Å². The third kappa shape index (κ3) is 4.35. The molecule has 162 valence electrons. The van der Waals surface area contributed by atoms with E-state index in [0.717, 1.165) is 43.9 Å². The molecule has 3 nitrogen and oxygen atoms in total. The zero-order valence-corrected chi connectivity index (χ0v) is 17.9. The highest BCUT2D eigenvalue weighted by atomic mass is 35.5. The number of carbonyl (C=O) groups is 1. The van der Waals surface area contributed by atoms with Gasteiger partial charge in [0.2, 0.25) is 0 Å². The molecule has 1 aliphatic rings. The first-order chi connectivity index (χ1) is 14.2. The van der Waals surface area contributed by atoms with Gasteiger partial charge in [-0.25, -0.2) is 0 Å². The molecule has 0 spiro atoms. The van der Waals surface area contributed by atoms with Crippen LogP contribution in [-0.2, 0) is 18.3 Å². The van der Waals surface area contributed by atoms with Crippen LogP contribution in [-0.4, -0.2) is 24.4 Å². The highest BCUT2D eigenvalue weighted by Gasteiger charge is 2.40. The fraction of sp³-hybridized carbons (Fsp3) is 0.435. The zero-order valence-electron chi connectivity index (χ0n) is 17.2. The van der Waals surface area contributed by atoms with Gasteiger partial charge in [0.05, 0.1) is 16.1 Å². The summed E-state index contributed by atoms with van der Waals surface area (Å²) in [4.78, 5) is 15.0. The third-order valence-corrected chi connectivity index (χ3v) is 6.55. The fourth-order valence-electron chi connectivity index (χ4n) is 4.44. The minimum Gasteiger partial charge on any atom is -0.348 e. The van der Waals surface area contributed by atoms with E-state index in [1.807, 2.05) is 18.2 Å². The van der Waals surface area contributed by atoms with E-state index in [0.29, 0.717) is 0 Å². The molecular formula is C23H26ClF3N2O. The summed E-state index contributed by atoms with van der Waals surface area (Å²) in [7, 11) is 2.11. The number of hydrogen-bond donors (Lipinski definition) is 1. The van der Waals surface area contributed by atoms with Crippen molar-refractivity contribution in [3.63, 3.8) is 0 Å². The highest BCUT2D eigenvalue weighted by Crippen LogP contribution is 2.44. The van der Waals surface area contributed by atoms with E-state index < -0.39 is 22.7 Å². The molecule has 0 aromatic heterocycles. The van der Waals surface area contributed by atoms with Crippen LogP contribution in [0.25, 0.3) is 0 Å². The van der Waals surface area contributed by atoms with Gasteiger partial charge in [0.1, 0.15) is 0 Å². The molecule has 7 heteroatoms. The Bertz CT molecular complexity index is 908. The van der Waals surface area contributed by atoms with Crippen molar-refractivity contribution in [2.45, 2.75) is 50.9 Å². The summed E-state index contributed by atoms with van der Waals surface area (Å²) >= 11 is 5.90. The van der Waals surface area contributed by atoms with Crippen molar-refractivity contribution >= 4 is 17.5 Å². The van der Waals surface area contributed by atoms with E-state index in [1.165, 1.54) is 17.7 Å². The number of rotatable bonds is 6. The summed E-state index contributed by atoms with van der Waals surface area (Å²) in [5.74, 6) is -0.620. The van der Waals surface area contributed by atoms with Crippen molar-refractivity contribution in [2.75, 3.05) is 13.6 Å². The van der Waals surface area contributed by atoms with Crippen molar-refractivity contribution in [2.24, 2.45) is 0 Å². The van der Waals surface area contributed by atoms with Gasteiger partial charge in [-0.15, -0.1) is 0 Å². The molecule has 0 bridgehead atoms. The van der Waals surface area contributed by atoms with Crippen LogP contribution in [0.4, 0.5) is 13.2 Å². The maximum Gasteiger partial charge on any atom is 0.417 e. The number of alkyl halides is 3. The second kappa shape index (κ2) is 8.98. The predicted octanol–water partition coefficient (Wildman–Crippen LogP) is 6.01. The second-order valence-electron chi connectivity index (χ2n) is 7.76. The second-order valence-corrected chi connectivity index (χ2v) is 8.14. The Morgan fingerprint density at radius 1 is 1.13 bits per heavy atom. The molecule has 30 heavy (non-hydrogen) atoms. The molecule has 0 atom stereocenters. The van der Waals surface area contributed by atoms with Gasteiger partial charge in [-0.05, 0) is 49.7 Å². The monoisotopic (exact) mass is 438 g/mol. The first-order valence-corrected chi connectivity index (χ1v) is 10.5. The number of amides is 1. The minimum absolute atomic E-state index is 0.0794. The third-order valence-electron chi connectivity index (χ3n) is 6.14. The fourth-order valence-corrected chi connectivity index (χ4v) is 4.76. The molecule has 0 heterocycles. The molecule has 1 fully saturated rings. The first-order valence-electron chi connectivity index (χ1n) is 10.1. The van der Waals surface area contributed by atoms with Crippen molar-refractivity contribution < 1.29 is 18.0 Å². The highest BCUT2D eigenvalue weighted by molar-refractivity contribution is 6.34. The van der Waals surface area contributed by atoms with E-state index in [-0.39, 0.29) is 17.6 Å². The van der Waals surface area contributed by atoms with Crippen molar-refractivity contribution in [3.05, 3.63) is 69.7 Å². The van der Waals surface area contributed by atoms with Gasteiger partial charge in [0.15, 0.2) is 0 Å². The lowest BCUT2D eigenvalue weighted by atomic mass is 9.83. The van der Waals surface area contributed by atoms with Gasteiger partial charge in [-0.1, -0.05) is 61.7 Å². The van der Waals surface area contributed by atoms with Crippen LogP contribution in [0.5, 0.6) is 0 Å². The van der Waals surface area contributed by atoms with Gasteiger partial charge in [-0.3, -0.25) is 9.69 Å². The molecule has 0 saturated heterocycles. The Balaban J connectivity index is 1.85. The maximum atomic E-state index is 13.1. The van der Waals surface area contributed by atoms with E-state index in [4.69, 9.17) is 11.6 Å². The molecule has 1 saturated carbocycles. The summed E-state index contributed by atoms with van der Waals surface area (Å²) in [6, 6.07) is 11.3. The Morgan fingerprint density at radius 3 is 2.43 bits per heavy atom. The summed E-state index contributed by atoms with van der Waals surface area (Å²) in [5, 5.41) is 2.19. The Hall–Kier alpha value is -2.05. The Labute approximate surface area is 180 Å². The average Bonchev–Trinajstić information content (AvgIpc) is 3.22. The lowest BCUT2D eigenvalue weighted by molar-refractivity contribution is -0.137. The Kier molecular flexibility index (Phi) is 6.78. The number of nitrogens with zero attached hydrogens (tertiary/aromatic N) is 1. The van der Waals surface area contributed by atoms with Crippen LogP contribution in [0.15, 0.2) is 42.5 Å². The van der Waals surface area contributed by atoms with Crippen LogP contribution in [0, 0.1) is 0 Å². The summed E-state index contributed by atoms with van der Waals surface area (Å²) in [6.45, 7) is 3.25. The molecular weight excluding hydrogens is 413 g/mol. The van der Waals surface area contributed by atoms with Gasteiger partial charge >= 0.3 is 6.18 Å². The molecule has 1 aliphatic carbocycles. The first kappa shape index (κ1) is 22.6. The van der Waals surface area contributed by atoms with Crippen LogP contribution in [0.2, 0.25) is 5.02 Å². The number of hydrogen-bond acceptors (Lipinski definition) is 2. The summed E-state index contributed by atoms with van der Waals surface area (Å²) in [6.07, 6.45) is -0.237. The largest absolute Gasteiger partial charge is 0.417 e. The SMILES string of the molecule is CCN(C)C1(c2ccccc2CNC(=O)c2cccc(C(F)(F)F)c2Cl)CCCC1. The lowest BCUT2D eigenvalue weighted by Crippen LogP contribution is -2.42. The van der Waals surface area contributed by atoms with Crippen molar-refractivity contribution in [1.29, 1.82) is 0 Å². The summed E-state index contributed by atoms with van der Waals surface area (Å²) < 4.78 is 39.3. The van der Waals surface area contributed by atoms with E-state index in [2.05, 4.69) is 30.3 Å². The molecule has 0 radical (unpaired) electrons. The molecule has 0 aliphatic heterocycles. The van der Waals surface area contributed by atoms with E-state index >= 15 is 0 Å². The quantitative estimate of drug-likeness (QED) is 0.599. The number of carbonyl (C=O) groups excluding carboxylic acids is 1. The molecule has 1 amide bonds. The molecule has 2 aromatic rings.